The topological polar surface area (TPSA) is 95.9 Å². The molecule has 0 saturated heterocycles. The summed E-state index contributed by atoms with van der Waals surface area (Å²) < 4.78 is 5.94. The van der Waals surface area contributed by atoms with Crippen molar-refractivity contribution in [3.63, 3.8) is 0 Å². The molecule has 0 aromatic carbocycles. The molecule has 0 rings (SSSR count). The van der Waals surface area contributed by atoms with Crippen molar-refractivity contribution in [2.75, 3.05) is 6.61 Å². The monoisotopic (exact) mass is 822 g/mol. The molecule has 1 amide bonds. The average Bonchev–Trinajstić information content (AvgIpc) is 3.22. The Morgan fingerprint density at radius 3 is 1.05 bits per heavy atom. The second-order valence-corrected chi connectivity index (χ2v) is 18.3. The molecule has 0 radical (unpaired) electrons. The van der Waals surface area contributed by atoms with Gasteiger partial charge in [-0.25, -0.2) is 0 Å². The summed E-state index contributed by atoms with van der Waals surface area (Å²) in [6.45, 7) is 6.51. The SMILES string of the molecule is CCCCCCCCCCCCCCCCCCC(CC(=O)NC(CO)C(O)CCCCCCCCCCCCCC)OC(=O)CCCCCCCCCCCCC. The molecule has 0 heterocycles. The van der Waals surface area contributed by atoms with E-state index in [0.29, 0.717) is 19.3 Å². The average molecular weight is 822 g/mol. The molecule has 3 N–H and O–H groups in total. The van der Waals surface area contributed by atoms with Crippen LogP contribution in [0.5, 0.6) is 0 Å². The van der Waals surface area contributed by atoms with E-state index in [9.17, 15) is 19.8 Å². The standard InChI is InChI=1S/C52H103NO5/c1-4-7-10-13-16-19-22-24-25-26-27-29-31-34-37-40-43-48(58-52(57)45-42-39-36-33-28-21-18-15-12-9-6-3)46-51(56)53-49(47-54)50(55)44-41-38-35-32-30-23-20-17-14-11-8-5-2/h48-50,54-55H,4-47H2,1-3H3,(H,53,56). The highest BCUT2D eigenvalue weighted by Gasteiger charge is 2.24. The number of hydrogen-bond acceptors (Lipinski definition) is 5. The molecular formula is C52H103NO5. The summed E-state index contributed by atoms with van der Waals surface area (Å²) in [5.41, 5.74) is 0. The quantitative estimate of drug-likeness (QED) is 0.0420. The Balaban J connectivity index is 4.51. The third-order valence-corrected chi connectivity index (χ3v) is 12.4. The number of rotatable bonds is 48. The highest BCUT2D eigenvalue weighted by atomic mass is 16.5. The number of esters is 1. The van der Waals surface area contributed by atoms with Gasteiger partial charge < -0.3 is 20.3 Å². The van der Waals surface area contributed by atoms with E-state index < -0.39 is 18.2 Å². The lowest BCUT2D eigenvalue weighted by atomic mass is 10.0. The van der Waals surface area contributed by atoms with Gasteiger partial charge in [0.1, 0.15) is 6.10 Å². The predicted octanol–water partition coefficient (Wildman–Crippen LogP) is 15.6. The van der Waals surface area contributed by atoms with Crippen molar-refractivity contribution in [3.8, 4) is 0 Å². The lowest BCUT2D eigenvalue weighted by Crippen LogP contribution is -2.46. The Kier molecular flexibility index (Phi) is 46.0. The first-order valence-corrected chi connectivity index (χ1v) is 26.3. The number of ether oxygens (including phenoxy) is 1. The molecule has 6 nitrogen and oxygen atoms in total. The molecule has 0 fully saturated rings. The van der Waals surface area contributed by atoms with Gasteiger partial charge in [-0.3, -0.25) is 9.59 Å². The molecule has 6 heteroatoms. The van der Waals surface area contributed by atoms with Gasteiger partial charge in [-0.05, 0) is 25.7 Å². The Hall–Kier alpha value is -1.14. The molecule has 0 bridgehead atoms. The maximum Gasteiger partial charge on any atom is 0.306 e. The summed E-state index contributed by atoms with van der Waals surface area (Å²) in [5.74, 6) is -0.451. The van der Waals surface area contributed by atoms with E-state index >= 15 is 0 Å². The Morgan fingerprint density at radius 2 is 0.724 bits per heavy atom. The molecule has 0 aromatic heterocycles. The second-order valence-electron chi connectivity index (χ2n) is 18.3. The van der Waals surface area contributed by atoms with Gasteiger partial charge in [-0.15, -0.1) is 0 Å². The third kappa shape index (κ3) is 41.6. The smallest absolute Gasteiger partial charge is 0.306 e. The van der Waals surface area contributed by atoms with Crippen LogP contribution in [-0.4, -0.2) is 46.9 Å². The van der Waals surface area contributed by atoms with Crippen LogP contribution in [0.15, 0.2) is 0 Å². The van der Waals surface area contributed by atoms with Crippen LogP contribution in [0.4, 0.5) is 0 Å². The van der Waals surface area contributed by atoms with Crippen LogP contribution < -0.4 is 5.32 Å². The van der Waals surface area contributed by atoms with Crippen LogP contribution in [0.2, 0.25) is 0 Å². The van der Waals surface area contributed by atoms with Crippen molar-refractivity contribution in [1.82, 2.24) is 5.32 Å². The zero-order valence-corrected chi connectivity index (χ0v) is 39.5. The second kappa shape index (κ2) is 46.9. The van der Waals surface area contributed by atoms with E-state index in [-0.39, 0.29) is 24.9 Å². The zero-order chi connectivity index (χ0) is 42.4. The fourth-order valence-corrected chi connectivity index (χ4v) is 8.43. The highest BCUT2D eigenvalue weighted by molar-refractivity contribution is 5.77. The number of carbonyl (C=O) groups excluding carboxylic acids is 2. The molecular weight excluding hydrogens is 719 g/mol. The molecule has 3 unspecified atom stereocenters. The number of hydrogen-bond donors (Lipinski definition) is 3. The first-order valence-electron chi connectivity index (χ1n) is 26.3. The first kappa shape index (κ1) is 56.9. The lowest BCUT2D eigenvalue weighted by molar-refractivity contribution is -0.151. The van der Waals surface area contributed by atoms with Crippen LogP contribution in [0.3, 0.4) is 0 Å². The summed E-state index contributed by atoms with van der Waals surface area (Å²) in [6, 6.07) is -0.691. The van der Waals surface area contributed by atoms with Crippen molar-refractivity contribution in [2.45, 2.75) is 315 Å². The summed E-state index contributed by atoms with van der Waals surface area (Å²) in [4.78, 5) is 26.1. The van der Waals surface area contributed by atoms with Crippen LogP contribution in [-0.2, 0) is 14.3 Å². The van der Waals surface area contributed by atoms with Crippen LogP contribution in [0.25, 0.3) is 0 Å². The summed E-state index contributed by atoms with van der Waals surface area (Å²) in [5, 5.41) is 23.8. The maximum absolute atomic E-state index is 13.2. The van der Waals surface area contributed by atoms with Gasteiger partial charge in [0.15, 0.2) is 0 Å². The maximum atomic E-state index is 13.2. The van der Waals surface area contributed by atoms with Gasteiger partial charge in [0.05, 0.1) is 25.2 Å². The third-order valence-electron chi connectivity index (χ3n) is 12.4. The van der Waals surface area contributed by atoms with Crippen molar-refractivity contribution in [3.05, 3.63) is 0 Å². The number of amides is 1. The summed E-state index contributed by atoms with van der Waals surface area (Å²) in [7, 11) is 0. The highest BCUT2D eigenvalue weighted by Crippen LogP contribution is 2.19. The van der Waals surface area contributed by atoms with Crippen molar-refractivity contribution in [1.29, 1.82) is 0 Å². The van der Waals surface area contributed by atoms with Gasteiger partial charge in [0, 0.05) is 6.42 Å². The van der Waals surface area contributed by atoms with Crippen molar-refractivity contribution >= 4 is 11.9 Å². The Bertz CT molecular complexity index is 837. The Morgan fingerprint density at radius 1 is 0.431 bits per heavy atom. The normalized spacial score (nSPS) is 13.1. The number of unbranched alkanes of at least 4 members (excludes halogenated alkanes) is 36. The van der Waals surface area contributed by atoms with Gasteiger partial charge in [0.2, 0.25) is 5.91 Å². The van der Waals surface area contributed by atoms with Crippen LogP contribution >= 0.6 is 0 Å². The molecule has 0 saturated carbocycles. The summed E-state index contributed by atoms with van der Waals surface area (Å²) in [6.07, 6.45) is 50.2. The fraction of sp³-hybridized carbons (Fsp3) is 0.962. The minimum atomic E-state index is -0.778. The van der Waals surface area contributed by atoms with E-state index in [1.807, 2.05) is 0 Å². The van der Waals surface area contributed by atoms with Gasteiger partial charge >= 0.3 is 5.97 Å². The molecule has 0 aliphatic heterocycles. The van der Waals surface area contributed by atoms with E-state index in [4.69, 9.17) is 4.74 Å². The van der Waals surface area contributed by atoms with E-state index in [1.54, 1.807) is 0 Å². The van der Waals surface area contributed by atoms with E-state index in [1.165, 1.54) is 205 Å². The van der Waals surface area contributed by atoms with Gasteiger partial charge in [0.25, 0.3) is 0 Å². The van der Waals surface area contributed by atoms with Crippen molar-refractivity contribution in [2.24, 2.45) is 0 Å². The molecule has 0 aromatic rings. The molecule has 346 valence electrons. The minimum Gasteiger partial charge on any atom is -0.462 e. The van der Waals surface area contributed by atoms with Gasteiger partial charge in [-0.2, -0.15) is 0 Å². The predicted molar refractivity (Wildman–Crippen MR) is 250 cm³/mol. The van der Waals surface area contributed by atoms with E-state index in [0.717, 1.165) is 44.9 Å². The number of aliphatic hydroxyl groups is 2. The van der Waals surface area contributed by atoms with Crippen molar-refractivity contribution < 1.29 is 24.5 Å². The minimum absolute atomic E-state index is 0.0879. The number of aliphatic hydroxyl groups excluding tert-OH is 2. The molecule has 0 spiro atoms. The van der Waals surface area contributed by atoms with E-state index in [2.05, 4.69) is 26.1 Å². The lowest BCUT2D eigenvalue weighted by Gasteiger charge is -2.24. The Labute approximate surface area is 362 Å². The number of carbonyl (C=O) groups is 2. The van der Waals surface area contributed by atoms with Crippen LogP contribution in [0.1, 0.15) is 297 Å². The molecule has 0 aliphatic rings. The molecule has 0 aliphatic carbocycles. The van der Waals surface area contributed by atoms with Gasteiger partial charge in [-0.1, -0.05) is 258 Å². The first-order chi connectivity index (χ1) is 28.5. The fourth-order valence-electron chi connectivity index (χ4n) is 8.43. The molecule has 58 heavy (non-hydrogen) atoms. The zero-order valence-electron chi connectivity index (χ0n) is 39.5. The van der Waals surface area contributed by atoms with Crippen LogP contribution in [0, 0.1) is 0 Å². The summed E-state index contributed by atoms with van der Waals surface area (Å²) >= 11 is 0. The molecule has 3 atom stereocenters. The largest absolute Gasteiger partial charge is 0.462 e. The number of nitrogens with one attached hydrogen (secondary N) is 1.